The second-order valence-corrected chi connectivity index (χ2v) is 3.61. The molecule has 0 aliphatic carbocycles. The molecule has 5 nitrogen and oxygen atoms in total. The predicted octanol–water partition coefficient (Wildman–Crippen LogP) is 1.48. The Morgan fingerprint density at radius 3 is 2.71 bits per heavy atom. The maximum atomic E-state index is 11.8. The summed E-state index contributed by atoms with van der Waals surface area (Å²) < 4.78 is 15.6. The summed E-state index contributed by atoms with van der Waals surface area (Å²) >= 11 is 0. The van der Waals surface area contributed by atoms with Gasteiger partial charge in [-0.2, -0.15) is 0 Å². The number of carbonyl (C=O) groups is 1. The maximum Gasteiger partial charge on any atom is 0.344 e. The number of benzene rings is 1. The first-order valence-electron chi connectivity index (χ1n) is 5.42. The fraction of sp³-hybridized carbons (Fsp3) is 0.417. The topological polar surface area (TPSA) is 56.8 Å². The van der Waals surface area contributed by atoms with Gasteiger partial charge in [0, 0.05) is 5.56 Å². The van der Waals surface area contributed by atoms with Gasteiger partial charge in [-0.15, -0.1) is 0 Å². The number of esters is 1. The van der Waals surface area contributed by atoms with E-state index in [9.17, 15) is 4.79 Å². The van der Waals surface area contributed by atoms with Crippen LogP contribution in [0.1, 0.15) is 29.1 Å². The minimum absolute atomic E-state index is 0.387. The molecule has 0 amide bonds. The monoisotopic (exact) mass is 237 g/mol. The lowest BCUT2D eigenvalue weighted by Gasteiger charge is -2.12. The molecule has 1 aliphatic rings. The van der Waals surface area contributed by atoms with Gasteiger partial charge in [-0.3, -0.25) is 5.32 Å². The van der Waals surface area contributed by atoms with Crippen molar-refractivity contribution >= 4 is 5.97 Å². The van der Waals surface area contributed by atoms with Gasteiger partial charge in [-0.25, -0.2) is 4.79 Å². The van der Waals surface area contributed by atoms with Crippen molar-refractivity contribution in [1.29, 1.82) is 0 Å². The summed E-state index contributed by atoms with van der Waals surface area (Å²) in [6.07, 6.45) is -0.401. The van der Waals surface area contributed by atoms with E-state index in [4.69, 9.17) is 14.2 Å². The second kappa shape index (κ2) is 4.63. The fourth-order valence-corrected chi connectivity index (χ4v) is 1.94. The molecule has 1 aliphatic heterocycles. The van der Waals surface area contributed by atoms with Crippen LogP contribution in [0.15, 0.2) is 12.1 Å². The van der Waals surface area contributed by atoms with Gasteiger partial charge >= 0.3 is 5.97 Å². The van der Waals surface area contributed by atoms with Crippen LogP contribution in [0, 0.1) is 0 Å². The van der Waals surface area contributed by atoms with Crippen molar-refractivity contribution < 1.29 is 19.0 Å². The Balaban J connectivity index is 2.51. The first kappa shape index (κ1) is 11.7. The number of ether oxygens (including phenoxy) is 3. The molecule has 2 rings (SSSR count). The van der Waals surface area contributed by atoms with Gasteiger partial charge < -0.3 is 14.2 Å². The number of cyclic esters (lactones) is 1. The van der Waals surface area contributed by atoms with Crippen molar-refractivity contribution in [2.75, 3.05) is 20.8 Å². The number of fused-ring (bicyclic) bond motifs is 1. The summed E-state index contributed by atoms with van der Waals surface area (Å²) in [6.45, 7) is 2.66. The largest absolute Gasteiger partial charge is 0.493 e. The summed E-state index contributed by atoms with van der Waals surface area (Å²) in [7, 11) is 3.04. The Bertz CT molecular complexity index is 444. The molecule has 0 fully saturated rings. The molecular formula is C12H15NO4. The minimum atomic E-state index is -0.401. The SMILES string of the molecule is CCN[C@@H]1OC(=O)c2c1ccc(OC)c2OC. The predicted molar refractivity (Wildman–Crippen MR) is 61.4 cm³/mol. The molecule has 17 heavy (non-hydrogen) atoms. The van der Waals surface area contributed by atoms with E-state index in [1.807, 2.05) is 13.0 Å². The van der Waals surface area contributed by atoms with E-state index in [2.05, 4.69) is 5.32 Å². The third-order valence-electron chi connectivity index (χ3n) is 2.68. The standard InChI is InChI=1S/C12H15NO4/c1-4-13-11-7-5-6-8(15-2)10(16-3)9(7)12(14)17-11/h5-6,11,13H,4H2,1-3H3/t11-/m1/s1. The molecule has 1 N–H and O–H groups in total. The number of carbonyl (C=O) groups excluding carboxylic acids is 1. The molecule has 0 saturated carbocycles. The quantitative estimate of drug-likeness (QED) is 0.804. The Labute approximate surface area is 99.7 Å². The molecule has 0 bridgehead atoms. The third-order valence-corrected chi connectivity index (χ3v) is 2.68. The summed E-state index contributed by atoms with van der Waals surface area (Å²) in [5, 5.41) is 3.08. The number of rotatable bonds is 4. The lowest BCUT2D eigenvalue weighted by atomic mass is 10.1. The van der Waals surface area contributed by atoms with Crippen molar-refractivity contribution in [2.24, 2.45) is 0 Å². The second-order valence-electron chi connectivity index (χ2n) is 3.61. The van der Waals surface area contributed by atoms with Crippen LogP contribution in [-0.4, -0.2) is 26.7 Å². The van der Waals surface area contributed by atoms with Crippen molar-refractivity contribution in [3.8, 4) is 11.5 Å². The molecule has 0 radical (unpaired) electrons. The van der Waals surface area contributed by atoms with Gasteiger partial charge in [0.05, 0.1) is 14.2 Å². The first-order chi connectivity index (χ1) is 8.22. The summed E-state index contributed by atoms with van der Waals surface area (Å²) in [5.41, 5.74) is 1.23. The smallest absolute Gasteiger partial charge is 0.344 e. The lowest BCUT2D eigenvalue weighted by molar-refractivity contribution is 0.0312. The fourth-order valence-electron chi connectivity index (χ4n) is 1.94. The molecule has 1 aromatic carbocycles. The van der Waals surface area contributed by atoms with Crippen molar-refractivity contribution in [3.05, 3.63) is 23.3 Å². The average molecular weight is 237 g/mol. The van der Waals surface area contributed by atoms with Crippen LogP contribution in [0.4, 0.5) is 0 Å². The third kappa shape index (κ3) is 1.82. The maximum absolute atomic E-state index is 11.8. The number of hydrogen-bond acceptors (Lipinski definition) is 5. The van der Waals surface area contributed by atoms with E-state index < -0.39 is 6.23 Å². The van der Waals surface area contributed by atoms with Crippen LogP contribution in [0.3, 0.4) is 0 Å². The zero-order valence-electron chi connectivity index (χ0n) is 10.1. The highest BCUT2D eigenvalue weighted by Crippen LogP contribution is 2.40. The molecule has 1 heterocycles. The Morgan fingerprint density at radius 1 is 1.35 bits per heavy atom. The molecule has 1 aromatic rings. The van der Waals surface area contributed by atoms with Gasteiger partial charge in [0.15, 0.2) is 17.7 Å². The molecule has 0 saturated heterocycles. The van der Waals surface area contributed by atoms with E-state index in [1.165, 1.54) is 14.2 Å². The van der Waals surface area contributed by atoms with Crippen molar-refractivity contribution in [1.82, 2.24) is 5.32 Å². The van der Waals surface area contributed by atoms with E-state index in [0.29, 0.717) is 23.6 Å². The van der Waals surface area contributed by atoms with Crippen LogP contribution in [0.25, 0.3) is 0 Å². The van der Waals surface area contributed by atoms with E-state index in [1.54, 1.807) is 6.07 Å². The van der Waals surface area contributed by atoms with Crippen LogP contribution in [0.5, 0.6) is 11.5 Å². The zero-order valence-corrected chi connectivity index (χ0v) is 10.1. The normalized spacial score (nSPS) is 17.6. The number of methoxy groups -OCH3 is 2. The molecule has 92 valence electrons. The molecule has 0 aromatic heterocycles. The van der Waals surface area contributed by atoms with Crippen molar-refractivity contribution in [2.45, 2.75) is 13.2 Å². The van der Waals surface area contributed by atoms with Crippen LogP contribution in [0.2, 0.25) is 0 Å². The highest BCUT2D eigenvalue weighted by Gasteiger charge is 2.35. The zero-order chi connectivity index (χ0) is 12.4. The van der Waals surface area contributed by atoms with Crippen LogP contribution in [-0.2, 0) is 4.74 Å². The van der Waals surface area contributed by atoms with Gasteiger partial charge in [-0.05, 0) is 18.7 Å². The Morgan fingerprint density at radius 2 is 2.12 bits per heavy atom. The lowest BCUT2D eigenvalue weighted by Crippen LogP contribution is -2.20. The van der Waals surface area contributed by atoms with E-state index >= 15 is 0 Å². The summed E-state index contributed by atoms with van der Waals surface area (Å²) in [6, 6.07) is 3.58. The van der Waals surface area contributed by atoms with Gasteiger partial charge in [-0.1, -0.05) is 6.92 Å². The summed E-state index contributed by atoms with van der Waals surface area (Å²) in [5.74, 6) is 0.567. The number of hydrogen-bond donors (Lipinski definition) is 1. The van der Waals surface area contributed by atoms with E-state index in [0.717, 1.165) is 5.56 Å². The van der Waals surface area contributed by atoms with Gasteiger partial charge in [0.1, 0.15) is 5.56 Å². The molecule has 0 unspecified atom stereocenters. The Kier molecular flexibility index (Phi) is 3.19. The van der Waals surface area contributed by atoms with Crippen LogP contribution >= 0.6 is 0 Å². The van der Waals surface area contributed by atoms with Crippen LogP contribution < -0.4 is 14.8 Å². The molecule has 1 atom stereocenters. The molecule has 5 heteroatoms. The van der Waals surface area contributed by atoms with E-state index in [-0.39, 0.29) is 5.97 Å². The highest BCUT2D eigenvalue weighted by atomic mass is 16.6. The first-order valence-corrected chi connectivity index (χ1v) is 5.42. The van der Waals surface area contributed by atoms with Crippen molar-refractivity contribution in [3.63, 3.8) is 0 Å². The highest BCUT2D eigenvalue weighted by molar-refractivity contribution is 5.98. The average Bonchev–Trinajstić information content (AvgIpc) is 2.66. The number of nitrogens with one attached hydrogen (secondary N) is 1. The molecule has 0 spiro atoms. The van der Waals surface area contributed by atoms with Gasteiger partial charge in [0.25, 0.3) is 0 Å². The minimum Gasteiger partial charge on any atom is -0.493 e. The summed E-state index contributed by atoms with van der Waals surface area (Å²) in [4.78, 5) is 11.8. The molecular weight excluding hydrogens is 222 g/mol. The Hall–Kier alpha value is -1.75. The van der Waals surface area contributed by atoms with Gasteiger partial charge in [0.2, 0.25) is 0 Å².